The van der Waals surface area contributed by atoms with Gasteiger partial charge in [-0.05, 0) is 24.6 Å². The minimum atomic E-state index is -3.88. The molecule has 2 N–H and O–H groups in total. The van der Waals surface area contributed by atoms with Gasteiger partial charge in [0.05, 0.1) is 19.3 Å². The van der Waals surface area contributed by atoms with Gasteiger partial charge < -0.3 is 15.2 Å². The lowest BCUT2D eigenvalue weighted by Crippen LogP contribution is -2.41. The molecular weight excluding hydrogens is 272 g/mol. The molecule has 1 aromatic carbocycles. The Bertz CT molecular complexity index is 505. The molecule has 0 saturated heterocycles. The van der Waals surface area contributed by atoms with E-state index in [1.165, 1.54) is 32.2 Å². The van der Waals surface area contributed by atoms with Crippen molar-refractivity contribution in [2.24, 2.45) is 5.73 Å². The van der Waals surface area contributed by atoms with Crippen LogP contribution in [-0.4, -0.2) is 31.6 Å². The van der Waals surface area contributed by atoms with E-state index in [1.807, 2.05) is 0 Å². The molecule has 0 saturated carbocycles. The third kappa shape index (κ3) is 3.30. The number of rotatable bonds is 5. The van der Waals surface area contributed by atoms with Crippen LogP contribution in [0.15, 0.2) is 24.3 Å². The molecule has 0 radical (unpaired) electrons. The topological polar surface area (TPSA) is 78.6 Å². The van der Waals surface area contributed by atoms with Gasteiger partial charge in [-0.15, -0.1) is 0 Å². The molecule has 0 bridgehead atoms. The average molecular weight is 287 g/mol. The summed E-state index contributed by atoms with van der Waals surface area (Å²) in [5, 5.41) is 0. The summed E-state index contributed by atoms with van der Waals surface area (Å²) in [4.78, 5) is 22.5. The molecule has 0 aromatic heterocycles. The second-order valence-electron chi connectivity index (χ2n) is 3.94. The number of carbonyl (C=O) groups excluding carboxylic acids is 2. The van der Waals surface area contributed by atoms with Crippen LogP contribution in [-0.2, 0) is 14.3 Å². The highest BCUT2D eigenvalue weighted by Gasteiger charge is 2.47. The van der Waals surface area contributed by atoms with E-state index in [4.69, 9.17) is 5.73 Å². The van der Waals surface area contributed by atoms with Crippen LogP contribution in [0.4, 0.5) is 8.78 Å². The van der Waals surface area contributed by atoms with Gasteiger partial charge in [-0.2, -0.15) is 8.78 Å². The average Bonchev–Trinajstić information content (AvgIpc) is 2.45. The normalized spacial score (nSPS) is 12.7. The molecule has 110 valence electrons. The number of hydrogen-bond donors (Lipinski definition) is 1. The van der Waals surface area contributed by atoms with Gasteiger partial charge >= 0.3 is 17.9 Å². The number of nitrogens with two attached hydrogens (primary N) is 1. The Morgan fingerprint density at radius 3 is 2.60 bits per heavy atom. The van der Waals surface area contributed by atoms with Crippen molar-refractivity contribution in [3.63, 3.8) is 0 Å². The predicted molar refractivity (Wildman–Crippen MR) is 66.3 cm³/mol. The van der Waals surface area contributed by atoms with Gasteiger partial charge in [-0.3, -0.25) is 0 Å². The zero-order valence-electron chi connectivity index (χ0n) is 11.1. The summed E-state index contributed by atoms with van der Waals surface area (Å²) in [6, 6.07) is 3.31. The number of halogens is 2. The summed E-state index contributed by atoms with van der Waals surface area (Å²) in [7, 11) is 1.17. The lowest BCUT2D eigenvalue weighted by molar-refractivity contribution is -0.174. The molecule has 0 aliphatic carbocycles. The van der Waals surface area contributed by atoms with Crippen LogP contribution in [0.25, 0.3) is 0 Å². The van der Waals surface area contributed by atoms with E-state index in [-0.39, 0.29) is 17.7 Å². The summed E-state index contributed by atoms with van der Waals surface area (Å²) < 4.78 is 36.3. The van der Waals surface area contributed by atoms with E-state index in [0.717, 1.165) is 6.07 Å². The first-order valence-electron chi connectivity index (χ1n) is 5.83. The second-order valence-corrected chi connectivity index (χ2v) is 3.94. The molecule has 7 heteroatoms. The van der Waals surface area contributed by atoms with Crippen LogP contribution in [0.1, 0.15) is 28.9 Å². The molecule has 1 rings (SSSR count). The molecule has 1 atom stereocenters. The first-order valence-corrected chi connectivity index (χ1v) is 5.83. The van der Waals surface area contributed by atoms with E-state index in [9.17, 15) is 18.4 Å². The van der Waals surface area contributed by atoms with Crippen LogP contribution >= 0.6 is 0 Å². The minimum Gasteiger partial charge on any atom is -0.465 e. The fraction of sp³-hybridized carbons (Fsp3) is 0.385. The van der Waals surface area contributed by atoms with E-state index < -0.39 is 23.9 Å². The molecule has 0 unspecified atom stereocenters. The third-order valence-electron chi connectivity index (χ3n) is 2.61. The van der Waals surface area contributed by atoms with Crippen LogP contribution in [0.5, 0.6) is 0 Å². The quantitative estimate of drug-likeness (QED) is 0.833. The highest BCUT2D eigenvalue weighted by atomic mass is 19.3. The predicted octanol–water partition coefficient (Wildman–Crippen LogP) is 1.67. The molecule has 0 spiro atoms. The Labute approximate surface area is 114 Å². The maximum Gasteiger partial charge on any atom is 0.379 e. The van der Waals surface area contributed by atoms with Crippen molar-refractivity contribution in [1.82, 2.24) is 0 Å². The number of methoxy groups -OCH3 is 1. The molecule has 0 aliphatic heterocycles. The molecule has 20 heavy (non-hydrogen) atoms. The van der Waals surface area contributed by atoms with Gasteiger partial charge in [-0.25, -0.2) is 9.59 Å². The van der Waals surface area contributed by atoms with Gasteiger partial charge in [-0.1, -0.05) is 12.1 Å². The van der Waals surface area contributed by atoms with Crippen molar-refractivity contribution >= 4 is 11.9 Å². The fourth-order valence-corrected chi connectivity index (χ4v) is 1.54. The van der Waals surface area contributed by atoms with Gasteiger partial charge in [0, 0.05) is 0 Å². The number of benzene rings is 1. The maximum absolute atomic E-state index is 13.8. The van der Waals surface area contributed by atoms with Crippen LogP contribution < -0.4 is 5.73 Å². The highest BCUT2D eigenvalue weighted by Crippen LogP contribution is 2.31. The molecule has 5 nitrogen and oxygen atoms in total. The molecule has 0 aliphatic rings. The second kappa shape index (κ2) is 6.42. The number of carbonyl (C=O) groups is 2. The summed E-state index contributed by atoms with van der Waals surface area (Å²) in [5.41, 5.74) is 5.42. The van der Waals surface area contributed by atoms with Crippen molar-refractivity contribution in [2.75, 3.05) is 13.7 Å². The van der Waals surface area contributed by atoms with Crippen LogP contribution in [0.2, 0.25) is 0 Å². The van der Waals surface area contributed by atoms with Crippen LogP contribution in [0.3, 0.4) is 0 Å². The monoisotopic (exact) mass is 287 g/mol. The highest BCUT2D eigenvalue weighted by molar-refractivity contribution is 5.89. The Kier molecular flexibility index (Phi) is 5.15. The summed E-state index contributed by atoms with van der Waals surface area (Å²) >= 11 is 0. The maximum atomic E-state index is 13.8. The number of alkyl halides is 2. The Morgan fingerprint density at radius 2 is 2.05 bits per heavy atom. The first-order chi connectivity index (χ1) is 9.34. The number of ether oxygens (including phenoxy) is 2. The fourth-order valence-electron chi connectivity index (χ4n) is 1.54. The lowest BCUT2D eigenvalue weighted by atomic mass is 9.99. The lowest BCUT2D eigenvalue weighted by Gasteiger charge is -2.22. The Balaban J connectivity index is 3.05. The zero-order valence-corrected chi connectivity index (χ0v) is 11.1. The molecule has 0 fully saturated rings. The van der Waals surface area contributed by atoms with Gasteiger partial charge in [0.25, 0.3) is 0 Å². The largest absolute Gasteiger partial charge is 0.465 e. The van der Waals surface area contributed by atoms with Crippen molar-refractivity contribution in [2.45, 2.75) is 18.9 Å². The number of esters is 2. The molecular formula is C13H15F2NO4. The SMILES string of the molecule is CCOC(=O)C(F)(F)[C@H](N)c1cccc(C(=O)OC)c1. The summed E-state index contributed by atoms with van der Waals surface area (Å²) in [6.45, 7) is 1.24. The molecule has 0 heterocycles. The first kappa shape index (κ1) is 16.0. The van der Waals surface area contributed by atoms with Crippen LogP contribution in [0, 0.1) is 0 Å². The number of hydrogen-bond acceptors (Lipinski definition) is 5. The standard InChI is InChI=1S/C13H15F2NO4/c1-3-20-12(18)13(14,15)10(16)8-5-4-6-9(7-8)11(17)19-2/h4-7,10H,3,16H2,1-2H3/t10-/m1/s1. The van der Waals surface area contributed by atoms with E-state index in [2.05, 4.69) is 9.47 Å². The Hall–Kier alpha value is -2.02. The van der Waals surface area contributed by atoms with E-state index >= 15 is 0 Å². The van der Waals surface area contributed by atoms with E-state index in [1.54, 1.807) is 0 Å². The van der Waals surface area contributed by atoms with Crippen molar-refractivity contribution in [1.29, 1.82) is 0 Å². The van der Waals surface area contributed by atoms with Crippen molar-refractivity contribution in [3.05, 3.63) is 35.4 Å². The summed E-state index contributed by atoms with van der Waals surface area (Å²) in [6.07, 6.45) is 0. The van der Waals surface area contributed by atoms with Gasteiger partial charge in [0.2, 0.25) is 0 Å². The summed E-state index contributed by atoms with van der Waals surface area (Å²) in [5.74, 6) is -6.26. The van der Waals surface area contributed by atoms with E-state index in [0.29, 0.717) is 0 Å². The van der Waals surface area contributed by atoms with Gasteiger partial charge in [0.1, 0.15) is 6.04 Å². The minimum absolute atomic E-state index is 0.0639. The smallest absolute Gasteiger partial charge is 0.379 e. The molecule has 1 aromatic rings. The third-order valence-corrected chi connectivity index (χ3v) is 2.61. The molecule has 0 amide bonds. The van der Waals surface area contributed by atoms with Gasteiger partial charge in [0.15, 0.2) is 0 Å². The zero-order chi connectivity index (χ0) is 15.3. The van der Waals surface area contributed by atoms with Crippen molar-refractivity contribution < 1.29 is 27.8 Å². The van der Waals surface area contributed by atoms with Crippen molar-refractivity contribution in [3.8, 4) is 0 Å². The Morgan fingerprint density at radius 1 is 1.40 bits per heavy atom.